The second-order valence-corrected chi connectivity index (χ2v) is 9.83. The van der Waals surface area contributed by atoms with Gasteiger partial charge in [0.1, 0.15) is 5.82 Å². The van der Waals surface area contributed by atoms with E-state index in [1.165, 1.54) is 32.0 Å². The molecule has 0 amide bonds. The smallest absolute Gasteiger partial charge is 0.207 e. The van der Waals surface area contributed by atoms with Gasteiger partial charge in [0.2, 0.25) is 0 Å². The first kappa shape index (κ1) is 16.9. The summed E-state index contributed by atoms with van der Waals surface area (Å²) in [7, 11) is 0. The third-order valence-corrected chi connectivity index (χ3v) is 7.40. The van der Waals surface area contributed by atoms with Gasteiger partial charge in [-0.15, -0.1) is 0 Å². The summed E-state index contributed by atoms with van der Waals surface area (Å²) < 4.78 is 17.1. The molecule has 1 aliphatic carbocycles. The van der Waals surface area contributed by atoms with E-state index in [0.717, 1.165) is 18.4 Å². The molecule has 1 saturated carbocycles. The quantitative estimate of drug-likeness (QED) is 0.664. The fourth-order valence-electron chi connectivity index (χ4n) is 3.34. The predicted molar refractivity (Wildman–Crippen MR) is 90.2 cm³/mol. The minimum atomic E-state index is -0.292. The Labute approximate surface area is 149 Å². The van der Waals surface area contributed by atoms with Crippen LogP contribution in [0.4, 0.5) is 4.39 Å². The van der Waals surface area contributed by atoms with Crippen LogP contribution in [-0.2, 0) is 0 Å². The molecule has 0 bridgehead atoms. The minimum absolute atomic E-state index is 0.0212. The number of hydrogen-bond donors (Lipinski definition) is 0. The highest BCUT2D eigenvalue weighted by molar-refractivity contribution is 5.22. The second-order valence-electron chi connectivity index (χ2n) is 6.80. The lowest BCUT2D eigenvalue weighted by Gasteiger charge is -2.22. The Morgan fingerprint density at radius 1 is 0.913 bits per heavy atom. The zero-order valence-corrected chi connectivity index (χ0v) is 16.1. The van der Waals surface area contributed by atoms with Crippen molar-refractivity contribution in [1.29, 1.82) is 0 Å². The van der Waals surface area contributed by atoms with Crippen LogP contribution in [0.1, 0.15) is 68.9 Å². The van der Waals surface area contributed by atoms with Crippen LogP contribution in [0.5, 0.6) is 0 Å². The first-order valence-corrected chi connectivity index (χ1v) is 10.8. The van der Waals surface area contributed by atoms with Crippen LogP contribution in [0.25, 0.3) is 0 Å². The molecule has 0 aromatic heterocycles. The summed E-state index contributed by atoms with van der Waals surface area (Å²) in [5.41, 5.74) is 2.32. The molecule has 0 spiro atoms. The molecule has 0 atom stereocenters. The Bertz CT molecular complexity index is 639. The molecule has 0 radical (unpaired) electrons. The van der Waals surface area contributed by atoms with Crippen LogP contribution in [0.2, 0.25) is 0 Å². The molecule has 0 saturated heterocycles. The topological polar surface area (TPSA) is 0 Å². The number of rotatable bonds is 4. The van der Waals surface area contributed by atoms with Gasteiger partial charge in [0.15, 0.2) is 7.14 Å². The first-order chi connectivity index (χ1) is 11.1. The van der Waals surface area contributed by atoms with Gasteiger partial charge in [-0.2, -0.15) is 0 Å². The molecule has 23 heavy (non-hydrogen) atoms. The van der Waals surface area contributed by atoms with Gasteiger partial charge in [0, 0.05) is 6.07 Å². The summed E-state index contributed by atoms with van der Waals surface area (Å²) in [5, 5.41) is 0. The molecule has 2 aromatic carbocycles. The number of hydrogen-bond acceptors (Lipinski definition) is 0. The molecule has 0 heterocycles. The summed E-state index contributed by atoms with van der Waals surface area (Å²) in [4.78, 5) is 0. The summed E-state index contributed by atoms with van der Waals surface area (Å²) in [5.74, 6) is 1.03. The van der Waals surface area contributed by atoms with Crippen LogP contribution in [0.15, 0.2) is 42.5 Å². The first-order valence-electron chi connectivity index (χ1n) is 8.67. The normalized spacial score (nSPS) is 16.0. The lowest BCUT2D eigenvalue weighted by atomic mass is 9.84. The highest BCUT2D eigenvalue weighted by atomic mass is 127. The van der Waals surface area contributed by atoms with E-state index in [9.17, 15) is 4.39 Å². The van der Waals surface area contributed by atoms with Crippen molar-refractivity contribution >= 4 is 0 Å². The van der Waals surface area contributed by atoms with Crippen molar-refractivity contribution in [3.8, 4) is 0 Å². The van der Waals surface area contributed by atoms with E-state index in [-0.39, 0.29) is 27.0 Å². The maximum Gasteiger partial charge on any atom is 0.358 e. The maximum absolute atomic E-state index is 14.5. The molecule has 2 aromatic rings. The van der Waals surface area contributed by atoms with E-state index in [1.807, 2.05) is 0 Å². The molecular weight excluding hydrogens is 398 g/mol. The zero-order valence-electron chi connectivity index (χ0n) is 14.0. The standard InChI is InChI=1S/C21H25FI/c1-15(2)16-8-10-18(11-9-16)23-19-12-13-20(21(22)14-19)17-6-4-3-5-7-17/h8-15,17H,3-7H2,1-2H3/q+1. The van der Waals surface area contributed by atoms with Gasteiger partial charge in [-0.3, -0.25) is 0 Å². The average molecular weight is 423 g/mol. The second kappa shape index (κ2) is 7.78. The molecule has 122 valence electrons. The lowest BCUT2D eigenvalue weighted by molar-refractivity contribution is -0.597. The lowest BCUT2D eigenvalue weighted by Crippen LogP contribution is -3.61. The number of halogens is 2. The van der Waals surface area contributed by atoms with E-state index < -0.39 is 0 Å². The molecule has 2 heteroatoms. The van der Waals surface area contributed by atoms with Crippen molar-refractivity contribution < 1.29 is 25.6 Å². The summed E-state index contributed by atoms with van der Waals surface area (Å²) >= 11 is -0.292. The Hall–Kier alpha value is -0.900. The minimum Gasteiger partial charge on any atom is -0.207 e. The van der Waals surface area contributed by atoms with E-state index in [2.05, 4.69) is 50.2 Å². The van der Waals surface area contributed by atoms with Gasteiger partial charge < -0.3 is 0 Å². The fraction of sp³-hybridized carbons (Fsp3) is 0.429. The van der Waals surface area contributed by atoms with Gasteiger partial charge in [-0.1, -0.05) is 51.3 Å². The predicted octanol–water partition coefficient (Wildman–Crippen LogP) is 3.13. The van der Waals surface area contributed by atoms with Gasteiger partial charge in [-0.05, 0) is 54.0 Å². The molecular formula is C21H25FI+. The van der Waals surface area contributed by atoms with Crippen molar-refractivity contribution in [2.24, 2.45) is 0 Å². The highest BCUT2D eigenvalue weighted by Gasteiger charge is 2.22. The molecule has 1 fully saturated rings. The van der Waals surface area contributed by atoms with Gasteiger partial charge in [-0.25, -0.2) is 4.39 Å². The third-order valence-electron chi connectivity index (χ3n) is 4.76. The average Bonchev–Trinajstić information content (AvgIpc) is 2.56. The van der Waals surface area contributed by atoms with Crippen LogP contribution < -0.4 is 21.2 Å². The Kier molecular flexibility index (Phi) is 5.73. The van der Waals surface area contributed by atoms with Gasteiger partial charge in [0.25, 0.3) is 0 Å². The summed E-state index contributed by atoms with van der Waals surface area (Å²) in [6.07, 6.45) is 6.12. The van der Waals surface area contributed by atoms with Gasteiger partial charge >= 0.3 is 21.2 Å². The summed E-state index contributed by atoms with van der Waals surface area (Å²) in [6.45, 7) is 4.42. The van der Waals surface area contributed by atoms with E-state index in [0.29, 0.717) is 11.8 Å². The Morgan fingerprint density at radius 3 is 2.17 bits per heavy atom. The summed E-state index contributed by atoms with van der Waals surface area (Å²) in [6, 6.07) is 14.9. The van der Waals surface area contributed by atoms with E-state index >= 15 is 0 Å². The van der Waals surface area contributed by atoms with Crippen molar-refractivity contribution in [3.05, 3.63) is 66.5 Å². The molecule has 1 aliphatic rings. The van der Waals surface area contributed by atoms with Crippen molar-refractivity contribution in [3.63, 3.8) is 0 Å². The van der Waals surface area contributed by atoms with E-state index in [4.69, 9.17) is 0 Å². The van der Waals surface area contributed by atoms with E-state index in [1.54, 1.807) is 6.07 Å². The molecule has 0 aliphatic heterocycles. The number of benzene rings is 2. The van der Waals surface area contributed by atoms with Crippen molar-refractivity contribution in [2.75, 3.05) is 0 Å². The molecule has 3 rings (SSSR count). The van der Waals surface area contributed by atoms with Crippen LogP contribution in [-0.4, -0.2) is 0 Å². The SMILES string of the molecule is CC(C)c1ccc([I+]c2ccc(C3CCCCC3)c(F)c2)cc1. The fourth-order valence-corrected chi connectivity index (χ4v) is 5.57. The Morgan fingerprint density at radius 2 is 1.57 bits per heavy atom. The third kappa shape index (κ3) is 4.34. The maximum atomic E-state index is 14.5. The van der Waals surface area contributed by atoms with Crippen LogP contribution >= 0.6 is 0 Å². The molecule has 0 N–H and O–H groups in total. The Balaban J connectivity index is 1.72. The zero-order chi connectivity index (χ0) is 16.2. The van der Waals surface area contributed by atoms with Gasteiger partial charge in [0.05, 0.1) is 0 Å². The van der Waals surface area contributed by atoms with Crippen molar-refractivity contribution in [1.82, 2.24) is 0 Å². The largest absolute Gasteiger partial charge is 0.358 e. The molecule has 0 unspecified atom stereocenters. The van der Waals surface area contributed by atoms with Crippen molar-refractivity contribution in [2.45, 2.75) is 57.8 Å². The monoisotopic (exact) mass is 423 g/mol. The highest BCUT2D eigenvalue weighted by Crippen LogP contribution is 2.33. The van der Waals surface area contributed by atoms with Crippen LogP contribution in [0.3, 0.4) is 0 Å². The molecule has 0 nitrogen and oxygen atoms in total. The van der Waals surface area contributed by atoms with Crippen LogP contribution in [0, 0.1) is 13.0 Å².